The Morgan fingerprint density at radius 3 is 2.35 bits per heavy atom. The van der Waals surface area contributed by atoms with Crippen molar-refractivity contribution in [2.24, 2.45) is 0 Å². The van der Waals surface area contributed by atoms with Crippen LogP contribution < -0.4 is 10.6 Å². The summed E-state index contributed by atoms with van der Waals surface area (Å²) in [6.45, 7) is 0. The molecule has 0 saturated carbocycles. The Bertz CT molecular complexity index is 834. The maximum Gasteiger partial charge on any atom is 0.230 e. The lowest BCUT2D eigenvalue weighted by atomic mass is 10.2. The van der Waals surface area contributed by atoms with Crippen LogP contribution in [0, 0.1) is 0 Å². The summed E-state index contributed by atoms with van der Waals surface area (Å²) >= 11 is 3.00. The summed E-state index contributed by atoms with van der Waals surface area (Å²) in [6, 6.07) is 3.68. The highest BCUT2D eigenvalue weighted by Gasteiger charge is 2.09. The van der Waals surface area contributed by atoms with Gasteiger partial charge in [0.25, 0.3) is 0 Å². The number of amides is 1. The molecule has 0 bridgehead atoms. The van der Waals surface area contributed by atoms with Crippen molar-refractivity contribution in [2.75, 3.05) is 17.7 Å². The van der Waals surface area contributed by atoms with E-state index in [0.29, 0.717) is 5.13 Å². The minimum absolute atomic E-state index is 0.114. The Morgan fingerprint density at radius 1 is 1.04 bits per heavy atom. The number of carbonyl (C=O) groups excluding carboxylic acids is 1. The molecule has 0 spiro atoms. The molecule has 3 heterocycles. The van der Waals surface area contributed by atoms with Gasteiger partial charge in [0.15, 0.2) is 0 Å². The van der Waals surface area contributed by atoms with Crippen LogP contribution in [0.2, 0.25) is 0 Å². The van der Waals surface area contributed by atoms with Gasteiger partial charge in [-0.05, 0) is 24.5 Å². The Hall–Kier alpha value is -2.46. The van der Waals surface area contributed by atoms with Gasteiger partial charge in [-0.1, -0.05) is 28.7 Å². The number of aromatic nitrogens is 5. The van der Waals surface area contributed by atoms with Crippen LogP contribution in [-0.2, 0) is 24.1 Å². The molecule has 0 aliphatic rings. The molecule has 136 valence electrons. The molecule has 0 radical (unpaired) electrons. The van der Waals surface area contributed by atoms with Crippen molar-refractivity contribution in [1.82, 2.24) is 25.4 Å². The first kappa shape index (κ1) is 18.3. The van der Waals surface area contributed by atoms with E-state index >= 15 is 0 Å². The molecule has 3 rings (SSSR count). The van der Waals surface area contributed by atoms with Crippen molar-refractivity contribution in [3.63, 3.8) is 0 Å². The SMILES string of the molecule is CNc1nnc(CCCCc2nnc(NC(=O)Cc3cccnc3)s2)s1. The highest BCUT2D eigenvalue weighted by atomic mass is 32.1. The largest absolute Gasteiger partial charge is 0.363 e. The van der Waals surface area contributed by atoms with E-state index in [1.54, 1.807) is 23.7 Å². The van der Waals surface area contributed by atoms with Crippen molar-refractivity contribution in [3.8, 4) is 0 Å². The smallest absolute Gasteiger partial charge is 0.230 e. The summed E-state index contributed by atoms with van der Waals surface area (Å²) in [6.07, 6.45) is 7.40. The van der Waals surface area contributed by atoms with E-state index in [0.717, 1.165) is 46.4 Å². The molecule has 0 fully saturated rings. The van der Waals surface area contributed by atoms with Crippen molar-refractivity contribution < 1.29 is 4.79 Å². The predicted octanol–water partition coefficient (Wildman–Crippen LogP) is 2.57. The molecule has 0 aromatic carbocycles. The molecule has 0 aliphatic carbocycles. The molecule has 26 heavy (non-hydrogen) atoms. The number of rotatable bonds is 9. The Labute approximate surface area is 159 Å². The van der Waals surface area contributed by atoms with E-state index in [-0.39, 0.29) is 12.3 Å². The molecule has 3 aromatic rings. The highest BCUT2D eigenvalue weighted by Crippen LogP contribution is 2.19. The van der Waals surface area contributed by atoms with Crippen LogP contribution in [0.4, 0.5) is 10.3 Å². The third kappa shape index (κ3) is 5.53. The third-order valence-corrected chi connectivity index (χ3v) is 5.41. The Balaban J connectivity index is 1.39. The van der Waals surface area contributed by atoms with Crippen LogP contribution in [0.5, 0.6) is 0 Å². The number of nitrogens with zero attached hydrogens (tertiary/aromatic N) is 5. The second-order valence-corrected chi connectivity index (χ2v) is 7.67. The fourth-order valence-electron chi connectivity index (χ4n) is 2.26. The normalized spacial score (nSPS) is 10.7. The molecular weight excluding hydrogens is 370 g/mol. The topological polar surface area (TPSA) is 106 Å². The van der Waals surface area contributed by atoms with Crippen molar-refractivity contribution in [3.05, 3.63) is 40.1 Å². The Kier molecular flexibility index (Phi) is 6.56. The average molecular weight is 390 g/mol. The molecule has 2 N–H and O–H groups in total. The van der Waals surface area contributed by atoms with Gasteiger partial charge in [0.05, 0.1) is 6.42 Å². The quantitative estimate of drug-likeness (QED) is 0.542. The lowest BCUT2D eigenvalue weighted by Crippen LogP contribution is -2.14. The zero-order valence-electron chi connectivity index (χ0n) is 14.3. The number of hydrogen-bond donors (Lipinski definition) is 2. The fraction of sp³-hybridized carbons (Fsp3) is 0.375. The summed E-state index contributed by atoms with van der Waals surface area (Å²) in [5, 5.41) is 25.5. The first-order chi connectivity index (χ1) is 12.7. The molecule has 10 heteroatoms. The summed E-state index contributed by atoms with van der Waals surface area (Å²) in [4.78, 5) is 16.0. The first-order valence-corrected chi connectivity index (χ1v) is 9.87. The lowest BCUT2D eigenvalue weighted by Gasteiger charge is -2.00. The number of pyridine rings is 1. The number of nitrogens with one attached hydrogen (secondary N) is 2. The van der Waals surface area contributed by atoms with E-state index in [1.807, 2.05) is 19.2 Å². The van der Waals surface area contributed by atoms with E-state index in [1.165, 1.54) is 11.3 Å². The summed E-state index contributed by atoms with van der Waals surface area (Å²) in [5.41, 5.74) is 0.868. The maximum absolute atomic E-state index is 12.0. The third-order valence-electron chi connectivity index (χ3n) is 3.51. The molecule has 0 aliphatic heterocycles. The van der Waals surface area contributed by atoms with Gasteiger partial charge in [0.1, 0.15) is 10.0 Å². The van der Waals surface area contributed by atoms with Gasteiger partial charge in [-0.25, -0.2) is 0 Å². The van der Waals surface area contributed by atoms with Gasteiger partial charge in [-0.3, -0.25) is 9.78 Å². The molecule has 0 unspecified atom stereocenters. The second-order valence-electron chi connectivity index (χ2n) is 5.55. The van der Waals surface area contributed by atoms with Crippen LogP contribution in [0.1, 0.15) is 28.4 Å². The molecule has 3 aromatic heterocycles. The zero-order valence-corrected chi connectivity index (χ0v) is 15.9. The van der Waals surface area contributed by atoms with Crippen molar-refractivity contribution >= 4 is 38.8 Å². The van der Waals surface area contributed by atoms with Crippen LogP contribution in [-0.4, -0.2) is 38.3 Å². The maximum atomic E-state index is 12.0. The van der Waals surface area contributed by atoms with Crippen LogP contribution in [0.3, 0.4) is 0 Å². The van der Waals surface area contributed by atoms with E-state index in [4.69, 9.17) is 0 Å². The standard InChI is InChI=1S/C16H19N7OS2/c1-17-15-22-20-13(25-15)6-2-3-7-14-21-23-16(26-14)19-12(24)9-11-5-4-8-18-10-11/h4-5,8,10H,2-3,6-7,9H2,1H3,(H,17,22)(H,19,23,24). The number of aryl methyl sites for hydroxylation is 2. The number of hydrogen-bond acceptors (Lipinski definition) is 9. The van der Waals surface area contributed by atoms with Gasteiger partial charge in [0.2, 0.25) is 16.2 Å². The second kappa shape index (κ2) is 9.30. The predicted molar refractivity (Wildman–Crippen MR) is 103 cm³/mol. The van der Waals surface area contributed by atoms with Crippen LogP contribution >= 0.6 is 22.7 Å². The number of anilines is 2. The molecule has 8 nitrogen and oxygen atoms in total. The number of unbranched alkanes of at least 4 members (excludes halogenated alkanes) is 1. The monoisotopic (exact) mass is 389 g/mol. The average Bonchev–Trinajstić information content (AvgIpc) is 3.29. The Morgan fingerprint density at radius 2 is 1.73 bits per heavy atom. The highest BCUT2D eigenvalue weighted by molar-refractivity contribution is 7.15. The number of carbonyl (C=O) groups is 1. The summed E-state index contributed by atoms with van der Waals surface area (Å²) < 4.78 is 0. The van der Waals surface area contributed by atoms with E-state index < -0.39 is 0 Å². The first-order valence-electron chi connectivity index (χ1n) is 8.24. The molecular formula is C16H19N7OS2. The minimum Gasteiger partial charge on any atom is -0.363 e. The van der Waals surface area contributed by atoms with Crippen LogP contribution in [0.15, 0.2) is 24.5 Å². The van der Waals surface area contributed by atoms with E-state index in [2.05, 4.69) is 36.0 Å². The zero-order chi connectivity index (χ0) is 18.2. The summed E-state index contributed by atoms with van der Waals surface area (Å²) in [5.74, 6) is -0.114. The van der Waals surface area contributed by atoms with Crippen LogP contribution in [0.25, 0.3) is 0 Å². The van der Waals surface area contributed by atoms with Gasteiger partial charge < -0.3 is 10.6 Å². The van der Waals surface area contributed by atoms with Gasteiger partial charge in [-0.2, -0.15) is 0 Å². The van der Waals surface area contributed by atoms with Gasteiger partial charge in [-0.15, -0.1) is 20.4 Å². The minimum atomic E-state index is -0.114. The molecule has 0 saturated heterocycles. The molecule has 1 amide bonds. The van der Waals surface area contributed by atoms with Crippen molar-refractivity contribution in [1.29, 1.82) is 0 Å². The van der Waals surface area contributed by atoms with Gasteiger partial charge >= 0.3 is 0 Å². The molecule has 0 atom stereocenters. The lowest BCUT2D eigenvalue weighted by molar-refractivity contribution is -0.115. The van der Waals surface area contributed by atoms with E-state index in [9.17, 15) is 4.79 Å². The summed E-state index contributed by atoms with van der Waals surface area (Å²) in [7, 11) is 1.84. The fourth-order valence-corrected chi connectivity index (χ4v) is 3.80. The van der Waals surface area contributed by atoms with Gasteiger partial charge in [0, 0.05) is 32.3 Å². The van der Waals surface area contributed by atoms with Crippen molar-refractivity contribution in [2.45, 2.75) is 32.1 Å².